The second-order valence-electron chi connectivity index (χ2n) is 4.43. The molecule has 5 nitrogen and oxygen atoms in total. The number of amides is 1. The van der Waals surface area contributed by atoms with E-state index in [-0.39, 0.29) is 0 Å². The van der Waals surface area contributed by atoms with E-state index in [4.69, 9.17) is 4.74 Å². The van der Waals surface area contributed by atoms with Gasteiger partial charge >= 0.3 is 12.1 Å². The van der Waals surface area contributed by atoms with Crippen LogP contribution in [0.4, 0.5) is 13.2 Å². The zero-order valence-electron chi connectivity index (χ0n) is 10.7. The molecule has 0 aliphatic carbocycles. The minimum Gasteiger partial charge on any atom is -0.468 e. The van der Waals surface area contributed by atoms with Crippen molar-refractivity contribution in [3.05, 3.63) is 22.8 Å². The lowest BCUT2D eigenvalue weighted by atomic mass is 9.91. The number of methoxy groups -OCH3 is 1. The fourth-order valence-electron chi connectivity index (χ4n) is 2.23. The van der Waals surface area contributed by atoms with Gasteiger partial charge in [-0.3, -0.25) is 9.59 Å². The molecule has 0 radical (unpaired) electrons. The molecule has 0 saturated carbocycles. The standard InChI is InChI=1S/C12H12F3NO4/c1-5-3-6-8(11(18)16-4-7(17)19-2)9(10(5)20-6)12(13,14)15/h3,6,10H,4H2,1-2H3,(H,16,18). The van der Waals surface area contributed by atoms with E-state index in [1.54, 1.807) is 0 Å². The molecule has 1 amide bonds. The van der Waals surface area contributed by atoms with Crippen molar-refractivity contribution in [1.82, 2.24) is 5.32 Å². The molecule has 0 fully saturated rings. The van der Waals surface area contributed by atoms with E-state index >= 15 is 0 Å². The minimum atomic E-state index is -4.66. The van der Waals surface area contributed by atoms with Gasteiger partial charge in [0.05, 0.1) is 18.3 Å². The second kappa shape index (κ2) is 4.93. The fraction of sp³-hybridized carbons (Fsp3) is 0.500. The summed E-state index contributed by atoms with van der Waals surface area (Å²) in [6.07, 6.45) is -5.45. The first-order valence-electron chi connectivity index (χ1n) is 5.75. The van der Waals surface area contributed by atoms with Crippen molar-refractivity contribution in [2.75, 3.05) is 13.7 Å². The number of alkyl halides is 3. The van der Waals surface area contributed by atoms with Gasteiger partial charge in [-0.05, 0) is 18.6 Å². The molecule has 20 heavy (non-hydrogen) atoms. The van der Waals surface area contributed by atoms with E-state index in [1.807, 2.05) is 0 Å². The first-order chi connectivity index (χ1) is 9.25. The highest BCUT2D eigenvalue weighted by atomic mass is 19.4. The summed E-state index contributed by atoms with van der Waals surface area (Å²) in [6.45, 7) is 1.02. The number of fused-ring (bicyclic) bond motifs is 2. The largest absolute Gasteiger partial charge is 0.468 e. The highest BCUT2D eigenvalue weighted by molar-refractivity contribution is 5.98. The van der Waals surface area contributed by atoms with Gasteiger partial charge in [-0.25, -0.2) is 0 Å². The van der Waals surface area contributed by atoms with Crippen molar-refractivity contribution in [1.29, 1.82) is 0 Å². The summed E-state index contributed by atoms with van der Waals surface area (Å²) < 4.78 is 48.5. The van der Waals surface area contributed by atoms with Crippen LogP contribution in [0, 0.1) is 0 Å². The van der Waals surface area contributed by atoms with Gasteiger partial charge in [0.1, 0.15) is 18.8 Å². The van der Waals surface area contributed by atoms with Crippen LogP contribution in [0.3, 0.4) is 0 Å². The summed E-state index contributed by atoms with van der Waals surface area (Å²) >= 11 is 0. The van der Waals surface area contributed by atoms with Crippen LogP contribution in [0.25, 0.3) is 0 Å². The van der Waals surface area contributed by atoms with Gasteiger partial charge in [-0.15, -0.1) is 0 Å². The monoisotopic (exact) mass is 291 g/mol. The molecule has 2 rings (SSSR count). The van der Waals surface area contributed by atoms with Crippen molar-refractivity contribution in [2.24, 2.45) is 0 Å². The topological polar surface area (TPSA) is 64.6 Å². The maximum absolute atomic E-state index is 13.0. The summed E-state index contributed by atoms with van der Waals surface area (Å²) in [6, 6.07) is 0. The Balaban J connectivity index is 2.24. The van der Waals surface area contributed by atoms with Crippen LogP contribution >= 0.6 is 0 Å². The zero-order valence-corrected chi connectivity index (χ0v) is 10.7. The Bertz CT molecular complexity index is 521. The van der Waals surface area contributed by atoms with E-state index in [1.165, 1.54) is 13.0 Å². The highest BCUT2D eigenvalue weighted by Crippen LogP contribution is 2.45. The molecule has 2 aliphatic rings. The molecule has 110 valence electrons. The molecular weight excluding hydrogens is 279 g/mol. The Morgan fingerprint density at radius 2 is 2.10 bits per heavy atom. The van der Waals surface area contributed by atoms with Crippen molar-refractivity contribution in [2.45, 2.75) is 25.3 Å². The molecule has 0 spiro atoms. The quantitative estimate of drug-likeness (QED) is 0.619. The molecule has 0 saturated heterocycles. The summed E-state index contributed by atoms with van der Waals surface area (Å²) in [4.78, 5) is 22.7. The van der Waals surface area contributed by atoms with Crippen molar-refractivity contribution < 1.29 is 32.2 Å². The Labute approximate surface area is 112 Å². The first-order valence-corrected chi connectivity index (χ1v) is 5.75. The molecular formula is C12H12F3NO4. The van der Waals surface area contributed by atoms with Crippen LogP contribution < -0.4 is 5.32 Å². The minimum absolute atomic E-state index is 0.423. The Hall–Kier alpha value is -1.83. The van der Waals surface area contributed by atoms with E-state index in [2.05, 4.69) is 10.1 Å². The van der Waals surface area contributed by atoms with E-state index < -0.39 is 48.0 Å². The second-order valence-corrected chi connectivity index (χ2v) is 4.43. The van der Waals surface area contributed by atoms with Crippen molar-refractivity contribution in [3.63, 3.8) is 0 Å². The summed E-state index contributed by atoms with van der Waals surface area (Å²) in [5.41, 5.74) is -1.06. The smallest absolute Gasteiger partial charge is 0.416 e. The van der Waals surface area contributed by atoms with Gasteiger partial charge in [-0.1, -0.05) is 0 Å². The first kappa shape index (κ1) is 14.6. The number of esters is 1. The number of carbonyl (C=O) groups excluding carboxylic acids is 2. The molecule has 2 bridgehead atoms. The lowest BCUT2D eigenvalue weighted by molar-refractivity contribution is -0.140. The summed E-state index contributed by atoms with van der Waals surface area (Å²) in [7, 11) is 1.11. The van der Waals surface area contributed by atoms with E-state index in [0.717, 1.165) is 7.11 Å². The Morgan fingerprint density at radius 1 is 1.45 bits per heavy atom. The average molecular weight is 291 g/mol. The van der Waals surface area contributed by atoms with E-state index in [0.29, 0.717) is 5.57 Å². The molecule has 0 aromatic rings. The summed E-state index contributed by atoms with van der Waals surface area (Å²) in [5, 5.41) is 2.10. The number of hydrogen-bond acceptors (Lipinski definition) is 4. The third-order valence-corrected chi connectivity index (χ3v) is 3.12. The van der Waals surface area contributed by atoms with Gasteiger partial charge in [0, 0.05) is 0 Å². The number of carbonyl (C=O) groups is 2. The van der Waals surface area contributed by atoms with Crippen molar-refractivity contribution >= 4 is 11.9 Å². The van der Waals surface area contributed by atoms with Crippen LogP contribution in [0.5, 0.6) is 0 Å². The van der Waals surface area contributed by atoms with Crippen molar-refractivity contribution in [3.8, 4) is 0 Å². The molecule has 1 N–H and O–H groups in total. The Morgan fingerprint density at radius 3 is 2.65 bits per heavy atom. The highest BCUT2D eigenvalue weighted by Gasteiger charge is 2.53. The number of rotatable bonds is 3. The van der Waals surface area contributed by atoms with Gasteiger partial charge in [0.15, 0.2) is 0 Å². The Kier molecular flexibility index (Phi) is 3.59. The molecule has 2 aliphatic heterocycles. The van der Waals surface area contributed by atoms with E-state index in [9.17, 15) is 22.8 Å². The lowest BCUT2D eigenvalue weighted by Gasteiger charge is -2.18. The van der Waals surface area contributed by atoms with Gasteiger partial charge < -0.3 is 14.8 Å². The van der Waals surface area contributed by atoms with Gasteiger partial charge in [0.25, 0.3) is 5.91 Å². The molecule has 2 unspecified atom stereocenters. The van der Waals surface area contributed by atoms with Crippen LogP contribution in [0.2, 0.25) is 0 Å². The maximum atomic E-state index is 13.0. The van der Waals surface area contributed by atoms with Crippen LogP contribution in [-0.2, 0) is 19.1 Å². The average Bonchev–Trinajstić information content (AvgIpc) is 2.90. The zero-order chi connectivity index (χ0) is 15.1. The van der Waals surface area contributed by atoms with Gasteiger partial charge in [-0.2, -0.15) is 13.2 Å². The number of halogens is 3. The van der Waals surface area contributed by atoms with Crippen LogP contribution in [-0.4, -0.2) is 43.9 Å². The van der Waals surface area contributed by atoms with Gasteiger partial charge in [0.2, 0.25) is 0 Å². The predicted octanol–water partition coefficient (Wildman–Crippen LogP) is 0.862. The molecule has 0 aromatic carbocycles. The predicted molar refractivity (Wildman–Crippen MR) is 60.5 cm³/mol. The molecule has 2 atom stereocenters. The third kappa shape index (κ3) is 2.43. The van der Waals surface area contributed by atoms with Crippen LogP contribution in [0.1, 0.15) is 6.92 Å². The van der Waals surface area contributed by atoms with Crippen LogP contribution in [0.15, 0.2) is 22.8 Å². The molecule has 0 aromatic heterocycles. The SMILES string of the molecule is COC(=O)CNC(=O)C1=C(C(F)(F)F)C2OC1C=C2C. The summed E-state index contributed by atoms with van der Waals surface area (Å²) in [5.74, 6) is -1.72. The number of nitrogens with one attached hydrogen (secondary N) is 1. The normalized spacial score (nSPS) is 24.8. The third-order valence-electron chi connectivity index (χ3n) is 3.12. The fourth-order valence-corrected chi connectivity index (χ4v) is 2.23. The molecule has 2 heterocycles. The molecule has 8 heteroatoms. The number of ether oxygens (including phenoxy) is 2. The number of hydrogen-bond donors (Lipinski definition) is 1. The lowest BCUT2D eigenvalue weighted by Crippen LogP contribution is -2.35. The maximum Gasteiger partial charge on any atom is 0.416 e.